The standard InChI is InChI=1S/C32H39N7O2/c40-32(33-14-17-37-18-20-41-21-19-37)22-26-24-39(29-9-5-4-8-28(26)29)31-11-10-30(35-36-31)34-27-12-15-38(16-13-27)23-25-6-2-1-3-7-25/h1-11,24,27H,12-23H2,(H,33,40)(H,34,35). The number of rotatable bonds is 10. The number of carbonyl (C=O) groups is 1. The SMILES string of the molecule is O=C(Cc1cn(-c2ccc(NC3CCN(Cc4ccccc4)CC3)nn2)c2ccccc12)NCCN1CCOCC1. The average molecular weight is 554 g/mol. The number of amides is 1. The van der Waals surface area contributed by atoms with E-state index in [1.165, 1.54) is 5.56 Å². The van der Waals surface area contributed by atoms with Crippen LogP contribution in [0.15, 0.2) is 72.9 Å². The van der Waals surface area contributed by atoms with E-state index in [1.807, 2.05) is 35.0 Å². The van der Waals surface area contributed by atoms with Crippen LogP contribution in [0.4, 0.5) is 5.82 Å². The average Bonchev–Trinajstić information content (AvgIpc) is 3.38. The van der Waals surface area contributed by atoms with Crippen LogP contribution >= 0.6 is 0 Å². The second-order valence-electron chi connectivity index (χ2n) is 11.0. The lowest BCUT2D eigenvalue weighted by atomic mass is 10.0. The molecule has 9 nitrogen and oxygen atoms in total. The molecule has 1 amide bonds. The highest BCUT2D eigenvalue weighted by atomic mass is 16.5. The maximum absolute atomic E-state index is 12.8. The van der Waals surface area contributed by atoms with Gasteiger partial charge in [0.1, 0.15) is 5.82 Å². The van der Waals surface area contributed by atoms with E-state index in [-0.39, 0.29) is 5.91 Å². The van der Waals surface area contributed by atoms with Crippen molar-refractivity contribution in [3.63, 3.8) is 0 Å². The molecule has 0 atom stereocenters. The number of nitrogens with one attached hydrogen (secondary N) is 2. The molecule has 9 heteroatoms. The van der Waals surface area contributed by atoms with Gasteiger partial charge in [-0.1, -0.05) is 48.5 Å². The Kier molecular flexibility index (Phi) is 8.85. The molecule has 0 spiro atoms. The lowest BCUT2D eigenvalue weighted by molar-refractivity contribution is -0.120. The van der Waals surface area contributed by atoms with Crippen molar-refractivity contribution in [2.24, 2.45) is 0 Å². The van der Waals surface area contributed by atoms with E-state index in [9.17, 15) is 4.79 Å². The van der Waals surface area contributed by atoms with Crippen molar-refractivity contribution >= 4 is 22.6 Å². The maximum atomic E-state index is 12.8. The number of hydrogen-bond acceptors (Lipinski definition) is 7. The zero-order valence-electron chi connectivity index (χ0n) is 23.5. The van der Waals surface area contributed by atoms with Crippen LogP contribution in [-0.4, -0.2) is 89.0 Å². The number of carbonyl (C=O) groups excluding carboxylic acids is 1. The zero-order valence-corrected chi connectivity index (χ0v) is 23.5. The van der Waals surface area contributed by atoms with E-state index in [2.05, 4.69) is 73.1 Å². The van der Waals surface area contributed by atoms with Gasteiger partial charge in [0.05, 0.1) is 25.2 Å². The van der Waals surface area contributed by atoms with Gasteiger partial charge in [0.25, 0.3) is 0 Å². The minimum atomic E-state index is 0.0293. The molecule has 0 unspecified atom stereocenters. The number of nitrogens with zero attached hydrogens (tertiary/aromatic N) is 5. The largest absolute Gasteiger partial charge is 0.379 e. The smallest absolute Gasteiger partial charge is 0.224 e. The summed E-state index contributed by atoms with van der Waals surface area (Å²) in [5.41, 5.74) is 3.37. The van der Waals surface area contributed by atoms with Crippen molar-refractivity contribution in [2.45, 2.75) is 31.8 Å². The Morgan fingerprint density at radius 3 is 2.44 bits per heavy atom. The molecule has 2 N–H and O–H groups in total. The first-order valence-electron chi connectivity index (χ1n) is 14.7. The number of likely N-dealkylation sites (tertiary alicyclic amines) is 1. The number of hydrogen-bond donors (Lipinski definition) is 2. The predicted octanol–water partition coefficient (Wildman–Crippen LogP) is 3.49. The number of piperidine rings is 1. The lowest BCUT2D eigenvalue weighted by Crippen LogP contribution is -2.41. The number of anilines is 1. The quantitative estimate of drug-likeness (QED) is 0.311. The van der Waals surface area contributed by atoms with Gasteiger partial charge in [0.15, 0.2) is 5.82 Å². The Balaban J connectivity index is 1.04. The van der Waals surface area contributed by atoms with Crippen LogP contribution < -0.4 is 10.6 Å². The van der Waals surface area contributed by atoms with Crippen LogP contribution in [0.3, 0.4) is 0 Å². The molecule has 2 saturated heterocycles. The Hall–Kier alpha value is -3.79. The molecular weight excluding hydrogens is 514 g/mol. The van der Waals surface area contributed by atoms with Gasteiger partial charge < -0.3 is 15.4 Å². The number of fused-ring (bicyclic) bond motifs is 1. The monoisotopic (exact) mass is 553 g/mol. The number of benzene rings is 2. The van der Waals surface area contributed by atoms with Crippen LogP contribution in [0.5, 0.6) is 0 Å². The van der Waals surface area contributed by atoms with Gasteiger partial charge in [-0.3, -0.25) is 19.2 Å². The molecule has 2 aromatic carbocycles. The van der Waals surface area contributed by atoms with E-state index >= 15 is 0 Å². The van der Waals surface area contributed by atoms with Crippen LogP contribution in [0.2, 0.25) is 0 Å². The Labute approximate surface area is 241 Å². The molecule has 2 aliphatic heterocycles. The number of morpholine rings is 1. The maximum Gasteiger partial charge on any atom is 0.224 e. The summed E-state index contributed by atoms with van der Waals surface area (Å²) in [5, 5.41) is 16.8. The van der Waals surface area contributed by atoms with Gasteiger partial charge in [0.2, 0.25) is 5.91 Å². The van der Waals surface area contributed by atoms with Crippen LogP contribution in [0.1, 0.15) is 24.0 Å². The van der Waals surface area contributed by atoms with E-state index in [0.717, 1.165) is 93.4 Å². The predicted molar refractivity (Wildman–Crippen MR) is 161 cm³/mol. The van der Waals surface area contributed by atoms with Crippen molar-refractivity contribution in [1.82, 2.24) is 29.9 Å². The van der Waals surface area contributed by atoms with E-state index in [4.69, 9.17) is 4.74 Å². The molecule has 0 bridgehead atoms. The Morgan fingerprint density at radius 1 is 0.878 bits per heavy atom. The molecule has 2 aliphatic rings. The fourth-order valence-electron chi connectivity index (χ4n) is 5.81. The van der Waals surface area contributed by atoms with E-state index in [0.29, 0.717) is 19.0 Å². The van der Waals surface area contributed by atoms with Crippen LogP contribution in [0.25, 0.3) is 16.7 Å². The molecule has 0 radical (unpaired) electrons. The first-order chi connectivity index (χ1) is 20.2. The van der Waals surface area contributed by atoms with Crippen LogP contribution in [-0.2, 0) is 22.5 Å². The zero-order chi connectivity index (χ0) is 27.9. The Bertz CT molecular complexity index is 1410. The summed E-state index contributed by atoms with van der Waals surface area (Å²) in [6.07, 6.45) is 4.51. The fourth-order valence-corrected chi connectivity index (χ4v) is 5.81. The molecule has 4 aromatic rings. The third kappa shape index (κ3) is 7.11. The number of ether oxygens (including phenoxy) is 1. The minimum absolute atomic E-state index is 0.0293. The molecular formula is C32H39N7O2. The summed E-state index contributed by atoms with van der Waals surface area (Å²) < 4.78 is 7.43. The highest BCUT2D eigenvalue weighted by molar-refractivity contribution is 5.90. The molecule has 214 valence electrons. The van der Waals surface area contributed by atoms with Gasteiger partial charge in [0, 0.05) is 63.4 Å². The molecule has 0 aliphatic carbocycles. The van der Waals surface area contributed by atoms with Crippen molar-refractivity contribution in [2.75, 3.05) is 57.8 Å². The molecule has 2 aromatic heterocycles. The highest BCUT2D eigenvalue weighted by Gasteiger charge is 2.20. The summed E-state index contributed by atoms with van der Waals surface area (Å²) in [6, 6.07) is 23.2. The van der Waals surface area contributed by atoms with Crippen LogP contribution in [0, 0.1) is 0 Å². The number of aromatic nitrogens is 3. The highest BCUT2D eigenvalue weighted by Crippen LogP contribution is 2.25. The second-order valence-corrected chi connectivity index (χ2v) is 11.0. The lowest BCUT2D eigenvalue weighted by Gasteiger charge is -2.32. The first kappa shape index (κ1) is 27.4. The second kappa shape index (κ2) is 13.2. The van der Waals surface area contributed by atoms with Crippen molar-refractivity contribution < 1.29 is 9.53 Å². The topological polar surface area (TPSA) is 87.5 Å². The summed E-state index contributed by atoms with van der Waals surface area (Å²) in [5.74, 6) is 1.57. The summed E-state index contributed by atoms with van der Waals surface area (Å²) in [4.78, 5) is 17.6. The molecule has 2 fully saturated rings. The van der Waals surface area contributed by atoms with Crippen molar-refractivity contribution in [3.05, 3.63) is 84.1 Å². The third-order valence-electron chi connectivity index (χ3n) is 8.09. The molecule has 41 heavy (non-hydrogen) atoms. The van der Waals surface area contributed by atoms with E-state index < -0.39 is 0 Å². The van der Waals surface area contributed by atoms with Gasteiger partial charge in [-0.25, -0.2) is 0 Å². The third-order valence-corrected chi connectivity index (χ3v) is 8.09. The summed E-state index contributed by atoms with van der Waals surface area (Å²) in [6.45, 7) is 8.01. The van der Waals surface area contributed by atoms with Crippen molar-refractivity contribution in [3.8, 4) is 5.82 Å². The molecule has 4 heterocycles. The summed E-state index contributed by atoms with van der Waals surface area (Å²) in [7, 11) is 0. The van der Waals surface area contributed by atoms with E-state index in [1.54, 1.807) is 0 Å². The summed E-state index contributed by atoms with van der Waals surface area (Å²) >= 11 is 0. The Morgan fingerprint density at radius 2 is 1.66 bits per heavy atom. The van der Waals surface area contributed by atoms with Crippen molar-refractivity contribution in [1.29, 1.82) is 0 Å². The molecule has 0 saturated carbocycles. The van der Waals surface area contributed by atoms with Gasteiger partial charge in [-0.05, 0) is 42.2 Å². The first-order valence-corrected chi connectivity index (χ1v) is 14.7. The minimum Gasteiger partial charge on any atom is -0.379 e. The molecule has 6 rings (SSSR count). The van der Waals surface area contributed by atoms with Gasteiger partial charge in [-0.2, -0.15) is 0 Å². The number of para-hydroxylation sites is 1. The normalized spacial score (nSPS) is 17.1. The fraction of sp³-hybridized carbons (Fsp3) is 0.406. The van der Waals surface area contributed by atoms with Gasteiger partial charge >= 0.3 is 0 Å². The van der Waals surface area contributed by atoms with Gasteiger partial charge in [-0.15, -0.1) is 10.2 Å².